The van der Waals surface area contributed by atoms with E-state index in [9.17, 15) is 4.79 Å². The van der Waals surface area contributed by atoms with E-state index < -0.39 is 0 Å². The van der Waals surface area contributed by atoms with E-state index in [1.165, 1.54) is 0 Å². The minimum absolute atomic E-state index is 0.116. The van der Waals surface area contributed by atoms with Gasteiger partial charge in [-0.15, -0.1) is 0 Å². The summed E-state index contributed by atoms with van der Waals surface area (Å²) in [7, 11) is 1.58. The van der Waals surface area contributed by atoms with Gasteiger partial charge < -0.3 is 14.8 Å². The number of carbonyl (C=O) groups is 1. The average Bonchev–Trinajstić information content (AvgIpc) is 3.08. The van der Waals surface area contributed by atoms with E-state index in [4.69, 9.17) is 9.47 Å². The van der Waals surface area contributed by atoms with Crippen molar-refractivity contribution in [2.24, 2.45) is 0 Å². The van der Waals surface area contributed by atoms with Crippen LogP contribution in [-0.2, 0) is 0 Å². The molecule has 0 spiro atoms. The van der Waals surface area contributed by atoms with Crippen molar-refractivity contribution in [3.05, 3.63) is 47.7 Å². The highest BCUT2D eigenvalue weighted by molar-refractivity contribution is 7.99. The van der Waals surface area contributed by atoms with Gasteiger partial charge in [0, 0.05) is 11.9 Å². The second-order valence-corrected chi connectivity index (χ2v) is 6.77. The summed E-state index contributed by atoms with van der Waals surface area (Å²) in [6.07, 6.45) is 2.74. The van der Waals surface area contributed by atoms with Crippen molar-refractivity contribution < 1.29 is 14.3 Å². The van der Waals surface area contributed by atoms with E-state index >= 15 is 0 Å². The van der Waals surface area contributed by atoms with Crippen LogP contribution in [-0.4, -0.2) is 35.6 Å². The molecule has 2 heterocycles. The molecule has 1 aliphatic heterocycles. The number of aromatic nitrogens is 1. The largest absolute Gasteiger partial charge is 0.495 e. The van der Waals surface area contributed by atoms with E-state index in [0.717, 1.165) is 23.5 Å². The lowest BCUT2D eigenvalue weighted by Gasteiger charge is -2.15. The molecule has 0 radical (unpaired) electrons. The van der Waals surface area contributed by atoms with Crippen molar-refractivity contribution in [3.8, 4) is 11.6 Å². The van der Waals surface area contributed by atoms with Crippen LogP contribution in [0.3, 0.4) is 0 Å². The number of aryl methyl sites for hydroxylation is 1. The van der Waals surface area contributed by atoms with Gasteiger partial charge in [0.2, 0.25) is 5.88 Å². The number of benzene rings is 1. The van der Waals surface area contributed by atoms with Gasteiger partial charge in [-0.2, -0.15) is 11.8 Å². The third-order valence-corrected chi connectivity index (χ3v) is 4.92. The number of thioether (sulfide) groups is 1. The van der Waals surface area contributed by atoms with Gasteiger partial charge in [-0.05, 0) is 48.9 Å². The van der Waals surface area contributed by atoms with Crippen LogP contribution >= 0.6 is 11.8 Å². The zero-order chi connectivity index (χ0) is 16.9. The highest BCUT2D eigenvalue weighted by atomic mass is 32.2. The Morgan fingerprint density at radius 2 is 2.25 bits per heavy atom. The van der Waals surface area contributed by atoms with E-state index in [-0.39, 0.29) is 12.0 Å². The summed E-state index contributed by atoms with van der Waals surface area (Å²) < 4.78 is 11.2. The highest BCUT2D eigenvalue weighted by Gasteiger charge is 2.22. The minimum Gasteiger partial charge on any atom is -0.495 e. The van der Waals surface area contributed by atoms with Crippen LogP contribution in [0, 0.1) is 6.92 Å². The third-order valence-electron chi connectivity index (χ3n) is 3.79. The molecule has 5 nitrogen and oxygen atoms in total. The zero-order valence-electron chi connectivity index (χ0n) is 13.7. The smallest absolute Gasteiger partial charge is 0.261 e. The van der Waals surface area contributed by atoms with Crippen molar-refractivity contribution in [1.29, 1.82) is 0 Å². The number of pyridine rings is 1. The number of methoxy groups -OCH3 is 1. The molecule has 2 aromatic rings. The second kappa shape index (κ2) is 7.57. The van der Waals surface area contributed by atoms with Gasteiger partial charge in [0.15, 0.2) is 0 Å². The van der Waals surface area contributed by atoms with E-state index in [2.05, 4.69) is 10.3 Å². The molecular formula is C18H20N2O3S. The van der Waals surface area contributed by atoms with Crippen molar-refractivity contribution in [2.75, 3.05) is 23.9 Å². The SMILES string of the molecule is COc1ccc(C)cc1NC(=O)c1cccnc1OC1CCSC1. The summed E-state index contributed by atoms with van der Waals surface area (Å²) in [6.45, 7) is 1.96. The van der Waals surface area contributed by atoms with Crippen molar-refractivity contribution >= 4 is 23.4 Å². The van der Waals surface area contributed by atoms with Gasteiger partial charge in [0.25, 0.3) is 5.91 Å². The first-order valence-corrected chi connectivity index (χ1v) is 8.98. The predicted molar refractivity (Wildman–Crippen MR) is 96.3 cm³/mol. The monoisotopic (exact) mass is 344 g/mol. The first-order valence-electron chi connectivity index (χ1n) is 7.83. The molecule has 3 rings (SSSR count). The van der Waals surface area contributed by atoms with Crippen LogP contribution < -0.4 is 14.8 Å². The molecule has 1 amide bonds. The van der Waals surface area contributed by atoms with Crippen molar-refractivity contribution in [2.45, 2.75) is 19.4 Å². The summed E-state index contributed by atoms with van der Waals surface area (Å²) in [6, 6.07) is 9.11. The van der Waals surface area contributed by atoms with Gasteiger partial charge in [-0.25, -0.2) is 4.98 Å². The van der Waals surface area contributed by atoms with Gasteiger partial charge in [-0.1, -0.05) is 6.07 Å². The van der Waals surface area contributed by atoms with Crippen molar-refractivity contribution in [1.82, 2.24) is 4.98 Å². The molecule has 1 aliphatic rings. The van der Waals surface area contributed by atoms with Crippen LogP contribution in [0.15, 0.2) is 36.5 Å². The van der Waals surface area contributed by atoms with Gasteiger partial charge in [0.1, 0.15) is 17.4 Å². The molecule has 1 unspecified atom stereocenters. The molecular weight excluding hydrogens is 324 g/mol. The van der Waals surface area contributed by atoms with E-state index in [1.54, 1.807) is 25.4 Å². The fourth-order valence-electron chi connectivity index (χ4n) is 2.53. The van der Waals surface area contributed by atoms with Gasteiger partial charge in [0.05, 0.1) is 12.8 Å². The van der Waals surface area contributed by atoms with Crippen LogP contribution in [0.4, 0.5) is 5.69 Å². The molecule has 0 saturated carbocycles. The molecule has 1 saturated heterocycles. The Hall–Kier alpha value is -2.21. The molecule has 126 valence electrons. The molecule has 24 heavy (non-hydrogen) atoms. The van der Waals surface area contributed by atoms with Gasteiger partial charge >= 0.3 is 0 Å². The minimum atomic E-state index is -0.257. The lowest BCUT2D eigenvalue weighted by molar-refractivity contribution is 0.101. The standard InChI is InChI=1S/C18H20N2O3S/c1-12-5-6-16(22-2)15(10-12)20-17(21)14-4-3-8-19-18(14)23-13-7-9-24-11-13/h3-6,8,10,13H,7,9,11H2,1-2H3,(H,20,21). The molecule has 1 atom stereocenters. The number of rotatable bonds is 5. The topological polar surface area (TPSA) is 60.5 Å². The number of anilines is 1. The van der Waals surface area contributed by atoms with Crippen LogP contribution in [0.25, 0.3) is 0 Å². The molecule has 0 aliphatic carbocycles. The predicted octanol–water partition coefficient (Wildman–Crippen LogP) is 3.54. The lowest BCUT2D eigenvalue weighted by Crippen LogP contribution is -2.20. The average molecular weight is 344 g/mol. The van der Waals surface area contributed by atoms with Gasteiger partial charge in [-0.3, -0.25) is 4.79 Å². The third kappa shape index (κ3) is 3.82. The maximum Gasteiger partial charge on any atom is 0.261 e. The second-order valence-electron chi connectivity index (χ2n) is 5.62. The van der Waals surface area contributed by atoms with Crippen LogP contribution in [0.2, 0.25) is 0 Å². The summed E-state index contributed by atoms with van der Waals surface area (Å²) in [5, 5.41) is 2.89. The number of amides is 1. The summed E-state index contributed by atoms with van der Waals surface area (Å²) in [5.41, 5.74) is 2.10. The molecule has 1 aromatic heterocycles. The Morgan fingerprint density at radius 1 is 1.38 bits per heavy atom. The quantitative estimate of drug-likeness (QED) is 0.899. The summed E-state index contributed by atoms with van der Waals surface area (Å²) in [5.74, 6) is 2.76. The fourth-order valence-corrected chi connectivity index (χ4v) is 3.62. The molecule has 1 fully saturated rings. The summed E-state index contributed by atoms with van der Waals surface area (Å²) in [4.78, 5) is 16.9. The van der Waals surface area contributed by atoms with Crippen LogP contribution in [0.1, 0.15) is 22.3 Å². The summed E-state index contributed by atoms with van der Waals surface area (Å²) >= 11 is 1.85. The zero-order valence-corrected chi connectivity index (χ0v) is 14.6. The van der Waals surface area contributed by atoms with Crippen molar-refractivity contribution in [3.63, 3.8) is 0 Å². The Kier molecular flexibility index (Phi) is 5.25. The first-order chi connectivity index (χ1) is 11.7. The number of hydrogen-bond acceptors (Lipinski definition) is 5. The van der Waals surface area contributed by atoms with E-state index in [0.29, 0.717) is 22.9 Å². The number of nitrogens with zero attached hydrogens (tertiary/aromatic N) is 1. The molecule has 0 bridgehead atoms. The Labute approximate surface area is 145 Å². The number of hydrogen-bond donors (Lipinski definition) is 1. The first kappa shape index (κ1) is 16.6. The highest BCUT2D eigenvalue weighted by Crippen LogP contribution is 2.28. The molecule has 1 N–H and O–H groups in total. The molecule has 1 aromatic carbocycles. The fraction of sp³-hybridized carbons (Fsp3) is 0.333. The Balaban J connectivity index is 1.81. The number of carbonyl (C=O) groups excluding carboxylic acids is 1. The number of nitrogens with one attached hydrogen (secondary N) is 1. The number of ether oxygens (including phenoxy) is 2. The normalized spacial score (nSPS) is 16.7. The Bertz CT molecular complexity index is 730. The maximum atomic E-state index is 12.7. The van der Waals surface area contributed by atoms with E-state index in [1.807, 2.05) is 36.9 Å². The van der Waals surface area contributed by atoms with Crippen LogP contribution in [0.5, 0.6) is 11.6 Å². The maximum absolute atomic E-state index is 12.7. The molecule has 6 heteroatoms. The lowest BCUT2D eigenvalue weighted by atomic mass is 10.2. The Morgan fingerprint density at radius 3 is 3.00 bits per heavy atom.